The second-order valence-electron chi connectivity index (χ2n) is 7.33. The predicted octanol–water partition coefficient (Wildman–Crippen LogP) is 5.42. The maximum Gasteiger partial charge on any atom is 0.241 e. The van der Waals surface area contributed by atoms with Gasteiger partial charge in [-0.25, -0.2) is 0 Å². The third-order valence-electron chi connectivity index (χ3n) is 4.56. The maximum absolute atomic E-state index is 6.45. The van der Waals surface area contributed by atoms with Crippen LogP contribution in [0.25, 0.3) is 0 Å². The molecular formula is C16H26OS2Si. The van der Waals surface area contributed by atoms with Crippen molar-refractivity contribution >= 4 is 31.8 Å². The van der Waals surface area contributed by atoms with Crippen LogP contribution in [0.2, 0.25) is 19.6 Å². The number of fused-ring (bicyclic) bond motifs is 1. The van der Waals surface area contributed by atoms with E-state index in [1.807, 2.05) is 0 Å². The molecule has 1 nitrogen and oxygen atoms in total. The summed E-state index contributed by atoms with van der Waals surface area (Å²) in [5.74, 6) is 3.93. The Kier molecular flexibility index (Phi) is 3.88. The number of rotatable bonds is 2. The lowest BCUT2D eigenvalue weighted by molar-refractivity contribution is 0.242. The van der Waals surface area contributed by atoms with E-state index < -0.39 is 8.32 Å². The molecule has 1 spiro atoms. The van der Waals surface area contributed by atoms with Gasteiger partial charge in [-0.3, -0.25) is 0 Å². The monoisotopic (exact) mass is 326 g/mol. The summed E-state index contributed by atoms with van der Waals surface area (Å²) in [4.78, 5) is 0. The van der Waals surface area contributed by atoms with E-state index in [1.165, 1.54) is 36.5 Å². The van der Waals surface area contributed by atoms with Crippen LogP contribution >= 0.6 is 23.5 Å². The minimum Gasteiger partial charge on any atom is -0.547 e. The predicted molar refractivity (Wildman–Crippen MR) is 94.8 cm³/mol. The standard InChI is InChI=1S/C16H26OS2Si/c1-15-8-9-16(18-10-11-19-16)12-13(15)6-5-7-14(15)17-20(2,3)4/h7,12H,5-6,8-11H2,1-4H3/t15-/m0/s1. The van der Waals surface area contributed by atoms with Gasteiger partial charge in [0, 0.05) is 16.9 Å². The quantitative estimate of drug-likeness (QED) is 0.495. The van der Waals surface area contributed by atoms with Crippen LogP contribution in [0.3, 0.4) is 0 Å². The Hall–Kier alpha value is 0.197. The Morgan fingerprint density at radius 1 is 1.15 bits per heavy atom. The summed E-state index contributed by atoms with van der Waals surface area (Å²) in [6, 6.07) is 0. The SMILES string of the molecule is C[C@]12CCC3(C=C1CCC=C2O[Si](C)(C)C)SCCS3. The van der Waals surface area contributed by atoms with Gasteiger partial charge >= 0.3 is 0 Å². The minimum atomic E-state index is -1.51. The average molecular weight is 327 g/mol. The highest BCUT2D eigenvalue weighted by Crippen LogP contribution is 2.59. The molecule has 2 aliphatic carbocycles. The van der Waals surface area contributed by atoms with E-state index in [1.54, 1.807) is 5.57 Å². The van der Waals surface area contributed by atoms with Gasteiger partial charge in [0.15, 0.2) is 0 Å². The number of allylic oxidation sites excluding steroid dienone is 2. The first-order valence-electron chi connectivity index (χ1n) is 7.73. The Morgan fingerprint density at radius 2 is 1.85 bits per heavy atom. The van der Waals surface area contributed by atoms with Gasteiger partial charge < -0.3 is 4.43 Å². The third kappa shape index (κ3) is 2.75. The summed E-state index contributed by atoms with van der Waals surface area (Å²) in [6.07, 6.45) is 9.95. The van der Waals surface area contributed by atoms with Crippen LogP contribution in [-0.4, -0.2) is 23.9 Å². The second kappa shape index (κ2) is 5.13. The van der Waals surface area contributed by atoms with Gasteiger partial charge in [0.1, 0.15) is 0 Å². The fourth-order valence-corrected chi connectivity index (χ4v) is 7.58. The van der Waals surface area contributed by atoms with E-state index in [-0.39, 0.29) is 5.41 Å². The second-order valence-corrected chi connectivity index (χ2v) is 14.9. The lowest BCUT2D eigenvalue weighted by Gasteiger charge is -2.46. The molecule has 0 unspecified atom stereocenters. The molecule has 20 heavy (non-hydrogen) atoms. The van der Waals surface area contributed by atoms with Crippen LogP contribution in [0.4, 0.5) is 0 Å². The number of hydrogen-bond donors (Lipinski definition) is 0. The number of hydrogen-bond acceptors (Lipinski definition) is 3. The summed E-state index contributed by atoms with van der Waals surface area (Å²) < 4.78 is 6.85. The lowest BCUT2D eigenvalue weighted by Crippen LogP contribution is -2.38. The molecule has 0 saturated carbocycles. The van der Waals surface area contributed by atoms with Crippen molar-refractivity contribution in [3.8, 4) is 0 Å². The molecule has 112 valence electrons. The van der Waals surface area contributed by atoms with Gasteiger partial charge in [0.2, 0.25) is 8.32 Å². The Morgan fingerprint density at radius 3 is 2.50 bits per heavy atom. The van der Waals surface area contributed by atoms with Crippen LogP contribution in [0, 0.1) is 5.41 Å². The molecule has 3 aliphatic rings. The summed E-state index contributed by atoms with van der Waals surface area (Å²) in [6.45, 7) is 9.30. The fourth-order valence-electron chi connectivity index (χ4n) is 3.48. The molecule has 1 fully saturated rings. The molecule has 1 atom stereocenters. The minimum absolute atomic E-state index is 0.188. The summed E-state index contributed by atoms with van der Waals surface area (Å²) >= 11 is 4.34. The molecule has 1 saturated heterocycles. The molecule has 3 rings (SSSR count). The molecule has 0 radical (unpaired) electrons. The first kappa shape index (κ1) is 15.1. The van der Waals surface area contributed by atoms with Crippen LogP contribution in [0.1, 0.15) is 32.6 Å². The topological polar surface area (TPSA) is 9.23 Å². The third-order valence-corrected chi connectivity index (χ3v) is 8.79. The Balaban J connectivity index is 1.90. The molecule has 0 N–H and O–H groups in total. The highest BCUT2D eigenvalue weighted by molar-refractivity contribution is 8.21. The van der Waals surface area contributed by atoms with E-state index in [0.717, 1.165) is 6.42 Å². The van der Waals surface area contributed by atoms with Crippen LogP contribution in [0.15, 0.2) is 23.5 Å². The van der Waals surface area contributed by atoms with Crippen molar-refractivity contribution in [1.82, 2.24) is 0 Å². The van der Waals surface area contributed by atoms with Crippen molar-refractivity contribution < 1.29 is 4.43 Å². The molecule has 0 aromatic rings. The highest BCUT2D eigenvalue weighted by atomic mass is 32.2. The van der Waals surface area contributed by atoms with Gasteiger partial charge in [-0.2, -0.15) is 0 Å². The molecule has 0 aromatic carbocycles. The average Bonchev–Trinajstić information content (AvgIpc) is 2.79. The molecule has 0 amide bonds. The van der Waals surface area contributed by atoms with Crippen molar-refractivity contribution in [3.05, 3.63) is 23.5 Å². The highest BCUT2D eigenvalue weighted by Gasteiger charge is 2.47. The summed E-state index contributed by atoms with van der Waals surface area (Å²) in [5, 5.41) is 0. The zero-order chi connectivity index (χ0) is 14.4. The molecule has 0 bridgehead atoms. The van der Waals surface area contributed by atoms with Gasteiger partial charge in [-0.05, 0) is 58.3 Å². The van der Waals surface area contributed by atoms with E-state index in [2.05, 4.69) is 62.2 Å². The van der Waals surface area contributed by atoms with Crippen LogP contribution in [0.5, 0.6) is 0 Å². The van der Waals surface area contributed by atoms with Crippen molar-refractivity contribution in [2.75, 3.05) is 11.5 Å². The van der Waals surface area contributed by atoms with Gasteiger partial charge in [-0.1, -0.05) is 11.6 Å². The zero-order valence-electron chi connectivity index (χ0n) is 13.1. The molecule has 0 aromatic heterocycles. The molecular weight excluding hydrogens is 300 g/mol. The lowest BCUT2D eigenvalue weighted by atomic mass is 9.68. The first-order chi connectivity index (χ1) is 9.33. The van der Waals surface area contributed by atoms with E-state index >= 15 is 0 Å². The van der Waals surface area contributed by atoms with Gasteiger partial charge in [-0.15, -0.1) is 23.5 Å². The summed E-state index contributed by atoms with van der Waals surface area (Å²) in [7, 11) is -1.51. The van der Waals surface area contributed by atoms with Crippen molar-refractivity contribution in [2.24, 2.45) is 5.41 Å². The van der Waals surface area contributed by atoms with Gasteiger partial charge in [0.25, 0.3) is 0 Å². The summed E-state index contributed by atoms with van der Waals surface area (Å²) in [5.41, 5.74) is 1.84. The van der Waals surface area contributed by atoms with Crippen molar-refractivity contribution in [2.45, 2.75) is 56.3 Å². The molecule has 1 aliphatic heterocycles. The first-order valence-corrected chi connectivity index (χ1v) is 13.1. The van der Waals surface area contributed by atoms with E-state index in [9.17, 15) is 0 Å². The van der Waals surface area contributed by atoms with E-state index in [0.29, 0.717) is 4.08 Å². The molecule has 1 heterocycles. The Labute approximate surface area is 133 Å². The normalized spacial score (nSPS) is 32.6. The van der Waals surface area contributed by atoms with Crippen molar-refractivity contribution in [3.63, 3.8) is 0 Å². The maximum atomic E-state index is 6.45. The van der Waals surface area contributed by atoms with Crippen LogP contribution < -0.4 is 0 Å². The Bertz CT molecular complexity index is 458. The van der Waals surface area contributed by atoms with Gasteiger partial charge in [0.05, 0.1) is 9.84 Å². The van der Waals surface area contributed by atoms with E-state index in [4.69, 9.17) is 4.43 Å². The smallest absolute Gasteiger partial charge is 0.241 e. The number of thioether (sulfide) groups is 2. The zero-order valence-corrected chi connectivity index (χ0v) is 15.8. The fraction of sp³-hybridized carbons (Fsp3) is 0.750. The largest absolute Gasteiger partial charge is 0.547 e. The van der Waals surface area contributed by atoms with Crippen LogP contribution in [-0.2, 0) is 4.43 Å². The molecule has 4 heteroatoms. The van der Waals surface area contributed by atoms with Crippen molar-refractivity contribution in [1.29, 1.82) is 0 Å².